The van der Waals surface area contributed by atoms with Crippen LogP contribution in [0.15, 0.2) is 109 Å². The monoisotopic (exact) mass is 476 g/mol. The molecular formula is C30H24N2O4. The summed E-state index contributed by atoms with van der Waals surface area (Å²) in [5, 5.41) is 9.87. The van der Waals surface area contributed by atoms with E-state index in [1.54, 1.807) is 24.3 Å². The van der Waals surface area contributed by atoms with E-state index in [1.807, 2.05) is 84.9 Å². The normalized spacial score (nSPS) is 10.7. The third-order valence-electron chi connectivity index (χ3n) is 5.66. The van der Waals surface area contributed by atoms with Gasteiger partial charge in [-0.3, -0.25) is 9.59 Å². The maximum Gasteiger partial charge on any atom is 0.262 e. The zero-order chi connectivity index (χ0) is 24.7. The van der Waals surface area contributed by atoms with Crippen LogP contribution in [0.5, 0.6) is 11.5 Å². The summed E-state index contributed by atoms with van der Waals surface area (Å²) in [6.07, 6.45) is 0. The van der Waals surface area contributed by atoms with Gasteiger partial charge in [0.15, 0.2) is 13.2 Å². The van der Waals surface area contributed by atoms with E-state index in [1.165, 1.54) is 0 Å². The lowest BCUT2D eigenvalue weighted by Gasteiger charge is -2.13. The number of benzene rings is 5. The molecule has 0 unspecified atom stereocenters. The van der Waals surface area contributed by atoms with Crippen molar-refractivity contribution >= 4 is 44.7 Å². The number of carbonyl (C=O) groups is 2. The second-order valence-corrected chi connectivity index (χ2v) is 8.24. The predicted molar refractivity (Wildman–Crippen MR) is 143 cm³/mol. The number of para-hydroxylation sites is 2. The third-order valence-corrected chi connectivity index (χ3v) is 5.66. The largest absolute Gasteiger partial charge is 0.484 e. The molecule has 0 radical (unpaired) electrons. The van der Waals surface area contributed by atoms with Crippen LogP contribution in [0, 0.1) is 0 Å². The SMILES string of the molecule is O=C(COc1ccc2ccccc2c1)Nc1ccccc1NC(=O)COc1ccc2ccccc2c1. The average molecular weight is 477 g/mol. The van der Waals surface area contributed by atoms with E-state index in [0.717, 1.165) is 21.5 Å². The first-order valence-corrected chi connectivity index (χ1v) is 11.6. The van der Waals surface area contributed by atoms with Gasteiger partial charge in [-0.15, -0.1) is 0 Å². The Bertz CT molecular complexity index is 1430. The van der Waals surface area contributed by atoms with Gasteiger partial charge < -0.3 is 20.1 Å². The number of carbonyl (C=O) groups excluding carboxylic acids is 2. The Morgan fingerprint density at radius 2 is 0.889 bits per heavy atom. The highest BCUT2D eigenvalue weighted by molar-refractivity contribution is 6.00. The lowest BCUT2D eigenvalue weighted by atomic mass is 10.1. The van der Waals surface area contributed by atoms with Crippen molar-refractivity contribution in [1.29, 1.82) is 0 Å². The lowest BCUT2D eigenvalue weighted by Crippen LogP contribution is -2.23. The minimum absolute atomic E-state index is 0.161. The van der Waals surface area contributed by atoms with Gasteiger partial charge in [-0.2, -0.15) is 0 Å². The molecule has 0 aromatic heterocycles. The summed E-state index contributed by atoms with van der Waals surface area (Å²) in [7, 11) is 0. The van der Waals surface area contributed by atoms with E-state index in [-0.39, 0.29) is 25.0 Å². The number of amides is 2. The summed E-state index contributed by atoms with van der Waals surface area (Å²) in [6, 6.07) is 34.2. The van der Waals surface area contributed by atoms with Crippen molar-refractivity contribution < 1.29 is 19.1 Å². The first kappa shape index (κ1) is 22.9. The molecule has 2 amide bonds. The molecule has 5 aromatic rings. The zero-order valence-corrected chi connectivity index (χ0v) is 19.4. The molecule has 0 spiro atoms. The number of fused-ring (bicyclic) bond motifs is 2. The predicted octanol–water partition coefficient (Wildman–Crippen LogP) is 6.03. The lowest BCUT2D eigenvalue weighted by molar-refractivity contribution is -0.119. The van der Waals surface area contributed by atoms with Gasteiger partial charge in [0.1, 0.15) is 11.5 Å². The molecule has 0 aliphatic carbocycles. The standard InChI is InChI=1S/C30H24N2O4/c33-29(19-35-25-15-13-21-7-1-3-9-23(21)17-25)31-27-11-5-6-12-28(27)32-30(34)20-36-26-16-14-22-8-2-4-10-24(22)18-26/h1-18H,19-20H2,(H,31,33)(H,32,34). The fourth-order valence-corrected chi connectivity index (χ4v) is 3.89. The van der Waals surface area contributed by atoms with Crippen LogP contribution in [0.2, 0.25) is 0 Å². The second-order valence-electron chi connectivity index (χ2n) is 8.24. The van der Waals surface area contributed by atoms with Crippen LogP contribution in [-0.4, -0.2) is 25.0 Å². The highest BCUT2D eigenvalue weighted by Crippen LogP contribution is 2.23. The molecule has 36 heavy (non-hydrogen) atoms. The molecule has 5 aromatic carbocycles. The summed E-state index contributed by atoms with van der Waals surface area (Å²) in [6.45, 7) is -0.322. The van der Waals surface area contributed by atoms with Crippen molar-refractivity contribution in [1.82, 2.24) is 0 Å². The number of ether oxygens (including phenoxy) is 2. The van der Waals surface area contributed by atoms with E-state index in [2.05, 4.69) is 10.6 Å². The Hall–Kier alpha value is -4.84. The summed E-state index contributed by atoms with van der Waals surface area (Å²) in [5.41, 5.74) is 0.951. The Balaban J connectivity index is 1.16. The first-order valence-electron chi connectivity index (χ1n) is 11.6. The Kier molecular flexibility index (Phi) is 6.76. The van der Waals surface area contributed by atoms with Gasteiger partial charge in [-0.05, 0) is 57.9 Å². The van der Waals surface area contributed by atoms with Crippen molar-refractivity contribution in [3.05, 3.63) is 109 Å². The van der Waals surface area contributed by atoms with Gasteiger partial charge in [0.2, 0.25) is 0 Å². The minimum atomic E-state index is -0.336. The minimum Gasteiger partial charge on any atom is -0.484 e. The summed E-state index contributed by atoms with van der Waals surface area (Å²) in [5.74, 6) is 0.544. The van der Waals surface area contributed by atoms with E-state index in [9.17, 15) is 9.59 Å². The molecule has 0 atom stereocenters. The molecule has 6 nitrogen and oxygen atoms in total. The molecule has 6 heteroatoms. The topological polar surface area (TPSA) is 76.7 Å². The highest BCUT2D eigenvalue weighted by Gasteiger charge is 2.11. The quantitative estimate of drug-likeness (QED) is 0.287. The highest BCUT2D eigenvalue weighted by atomic mass is 16.5. The number of nitrogens with one attached hydrogen (secondary N) is 2. The maximum atomic E-state index is 12.5. The molecule has 0 saturated heterocycles. The van der Waals surface area contributed by atoms with E-state index in [4.69, 9.17) is 9.47 Å². The average Bonchev–Trinajstić information content (AvgIpc) is 2.91. The molecule has 5 rings (SSSR count). The van der Waals surface area contributed by atoms with Gasteiger partial charge in [-0.1, -0.05) is 72.8 Å². The van der Waals surface area contributed by atoms with Crippen LogP contribution in [0.4, 0.5) is 11.4 Å². The van der Waals surface area contributed by atoms with Crippen molar-refractivity contribution in [2.45, 2.75) is 0 Å². The Morgan fingerprint density at radius 3 is 1.33 bits per heavy atom. The summed E-state index contributed by atoms with van der Waals surface area (Å²) < 4.78 is 11.3. The third kappa shape index (κ3) is 5.62. The summed E-state index contributed by atoms with van der Waals surface area (Å²) in [4.78, 5) is 25.1. The van der Waals surface area contributed by atoms with Crippen LogP contribution in [0.1, 0.15) is 0 Å². The van der Waals surface area contributed by atoms with Gasteiger partial charge in [0.25, 0.3) is 11.8 Å². The molecule has 178 valence electrons. The van der Waals surface area contributed by atoms with Gasteiger partial charge in [-0.25, -0.2) is 0 Å². The number of rotatable bonds is 8. The van der Waals surface area contributed by atoms with Crippen molar-refractivity contribution in [2.24, 2.45) is 0 Å². The molecule has 0 aliphatic rings. The summed E-state index contributed by atoms with van der Waals surface area (Å²) >= 11 is 0. The van der Waals surface area contributed by atoms with Gasteiger partial charge >= 0.3 is 0 Å². The smallest absolute Gasteiger partial charge is 0.262 e. The van der Waals surface area contributed by atoms with Gasteiger partial charge in [0.05, 0.1) is 11.4 Å². The fourth-order valence-electron chi connectivity index (χ4n) is 3.89. The molecule has 0 aliphatic heterocycles. The van der Waals surface area contributed by atoms with Crippen LogP contribution >= 0.6 is 0 Å². The molecule has 0 heterocycles. The number of hydrogen-bond donors (Lipinski definition) is 2. The van der Waals surface area contributed by atoms with Crippen molar-refractivity contribution in [2.75, 3.05) is 23.8 Å². The van der Waals surface area contributed by atoms with Gasteiger partial charge in [0, 0.05) is 0 Å². The Morgan fingerprint density at radius 1 is 0.500 bits per heavy atom. The Labute approximate surface area is 208 Å². The molecule has 0 saturated carbocycles. The van der Waals surface area contributed by atoms with E-state index < -0.39 is 0 Å². The van der Waals surface area contributed by atoms with Crippen LogP contribution in [-0.2, 0) is 9.59 Å². The van der Waals surface area contributed by atoms with Crippen LogP contribution in [0.25, 0.3) is 21.5 Å². The van der Waals surface area contributed by atoms with Crippen molar-refractivity contribution in [3.8, 4) is 11.5 Å². The zero-order valence-electron chi connectivity index (χ0n) is 19.4. The first-order chi connectivity index (χ1) is 17.6. The maximum absolute atomic E-state index is 12.5. The van der Waals surface area contributed by atoms with E-state index >= 15 is 0 Å². The number of anilines is 2. The van der Waals surface area contributed by atoms with Crippen molar-refractivity contribution in [3.63, 3.8) is 0 Å². The van der Waals surface area contributed by atoms with E-state index in [0.29, 0.717) is 22.9 Å². The molecular weight excluding hydrogens is 452 g/mol. The molecule has 0 fully saturated rings. The second kappa shape index (κ2) is 10.6. The van der Waals surface area contributed by atoms with Crippen LogP contribution < -0.4 is 20.1 Å². The molecule has 0 bridgehead atoms. The van der Waals surface area contributed by atoms with Crippen LogP contribution in [0.3, 0.4) is 0 Å². The number of hydrogen-bond acceptors (Lipinski definition) is 4. The molecule has 2 N–H and O–H groups in total. The fraction of sp³-hybridized carbons (Fsp3) is 0.0667.